The van der Waals surface area contributed by atoms with Crippen LogP contribution in [0, 0.1) is 0 Å². The molecule has 0 radical (unpaired) electrons. The molecule has 0 saturated carbocycles. The van der Waals surface area contributed by atoms with Gasteiger partial charge >= 0.3 is 12.1 Å². The van der Waals surface area contributed by atoms with Gasteiger partial charge < -0.3 is 19.5 Å². The Morgan fingerprint density at radius 3 is 2.42 bits per heavy atom. The molecule has 1 heterocycles. The molecule has 174 valence electrons. The van der Waals surface area contributed by atoms with E-state index in [0.29, 0.717) is 18.1 Å². The van der Waals surface area contributed by atoms with Crippen LogP contribution in [-0.4, -0.2) is 46.5 Å². The highest BCUT2D eigenvalue weighted by Gasteiger charge is 2.31. The molecule has 0 aliphatic carbocycles. The van der Waals surface area contributed by atoms with E-state index in [-0.39, 0.29) is 11.4 Å². The molecule has 0 aliphatic rings. The van der Waals surface area contributed by atoms with Crippen LogP contribution in [0.1, 0.15) is 12.5 Å². The number of anilines is 1. The van der Waals surface area contributed by atoms with E-state index in [0.717, 1.165) is 18.2 Å². The highest BCUT2D eigenvalue weighted by molar-refractivity contribution is 5.94. The second-order valence-corrected chi connectivity index (χ2v) is 6.45. The second-order valence-electron chi connectivity index (χ2n) is 6.45. The van der Waals surface area contributed by atoms with Gasteiger partial charge in [0.05, 0.1) is 23.5 Å². The lowest BCUT2D eigenvalue weighted by atomic mass is 10.1. The molecule has 1 aromatic heterocycles. The van der Waals surface area contributed by atoms with Crippen molar-refractivity contribution in [3.05, 3.63) is 60.7 Å². The monoisotopic (exact) mass is 464 g/mol. The summed E-state index contributed by atoms with van der Waals surface area (Å²) in [6.07, 6.45) is -2.17. The van der Waals surface area contributed by atoms with Gasteiger partial charge in [0.1, 0.15) is 12.7 Å². The number of benzene rings is 2. The fraction of sp³-hybridized carbons (Fsp3) is 0.238. The van der Waals surface area contributed by atoms with Crippen molar-refractivity contribution in [3.63, 3.8) is 0 Å². The van der Waals surface area contributed by atoms with Gasteiger partial charge in [-0.3, -0.25) is 4.79 Å². The largest absolute Gasteiger partial charge is 0.490 e. The summed E-state index contributed by atoms with van der Waals surface area (Å²) in [4.78, 5) is 27.9. The van der Waals surface area contributed by atoms with Crippen molar-refractivity contribution in [2.75, 3.05) is 25.1 Å². The summed E-state index contributed by atoms with van der Waals surface area (Å²) in [7, 11) is 0. The number of alkyl halides is 3. The lowest BCUT2D eigenvalue weighted by Gasteiger charge is -2.14. The van der Waals surface area contributed by atoms with Gasteiger partial charge in [0, 0.05) is 0 Å². The number of rotatable bonds is 9. The van der Waals surface area contributed by atoms with E-state index in [2.05, 4.69) is 15.4 Å². The zero-order chi connectivity index (χ0) is 23.8. The Balaban J connectivity index is 1.61. The van der Waals surface area contributed by atoms with Crippen molar-refractivity contribution in [3.8, 4) is 17.2 Å². The molecular formula is C21H19F3N4O5. The van der Waals surface area contributed by atoms with Gasteiger partial charge in [0.15, 0.2) is 24.7 Å². The molecule has 2 aromatic carbocycles. The quantitative estimate of drug-likeness (QED) is 0.485. The van der Waals surface area contributed by atoms with Crippen molar-refractivity contribution in [1.29, 1.82) is 0 Å². The number of hydrogen-bond donors (Lipinski definition) is 1. The first-order valence-electron chi connectivity index (χ1n) is 9.64. The van der Waals surface area contributed by atoms with Crippen LogP contribution in [0.4, 0.5) is 18.9 Å². The van der Waals surface area contributed by atoms with Gasteiger partial charge in [0.25, 0.3) is 5.91 Å². The zero-order valence-electron chi connectivity index (χ0n) is 17.3. The number of hydrogen-bond acceptors (Lipinski definition) is 7. The summed E-state index contributed by atoms with van der Waals surface area (Å²) < 4.78 is 56.0. The molecule has 0 saturated heterocycles. The predicted octanol–water partition coefficient (Wildman–Crippen LogP) is 3.25. The number of carbonyl (C=O) groups is 2. The lowest BCUT2D eigenvalue weighted by Crippen LogP contribution is -2.24. The van der Waals surface area contributed by atoms with Crippen LogP contribution in [0.5, 0.6) is 11.5 Å². The standard InChI is InChI=1S/C21H19F3N4O5/c1-2-31-17-5-3-4-6-18(17)32-11-20(30)33-10-19(29)27-15-9-14(21(22,23)24)7-8-16(15)28-13-25-12-26-28/h3-9,12-13H,2,10-11H2,1H3,(H,27,29). The number of esters is 1. The maximum Gasteiger partial charge on any atom is 0.416 e. The summed E-state index contributed by atoms with van der Waals surface area (Å²) >= 11 is 0. The zero-order valence-corrected chi connectivity index (χ0v) is 17.3. The molecular weight excluding hydrogens is 445 g/mol. The van der Waals surface area contributed by atoms with Crippen molar-refractivity contribution >= 4 is 17.6 Å². The van der Waals surface area contributed by atoms with E-state index in [1.807, 2.05) is 0 Å². The first-order valence-corrected chi connectivity index (χ1v) is 9.64. The average molecular weight is 464 g/mol. The minimum atomic E-state index is -4.62. The molecule has 0 bridgehead atoms. The summed E-state index contributed by atoms with van der Waals surface area (Å²) in [5, 5.41) is 6.16. The molecule has 3 aromatic rings. The highest BCUT2D eigenvalue weighted by atomic mass is 19.4. The maximum absolute atomic E-state index is 13.1. The Morgan fingerprint density at radius 2 is 1.79 bits per heavy atom. The van der Waals surface area contributed by atoms with E-state index in [4.69, 9.17) is 14.2 Å². The van der Waals surface area contributed by atoms with Crippen LogP contribution < -0.4 is 14.8 Å². The number of amides is 1. The minimum absolute atomic E-state index is 0.149. The van der Waals surface area contributed by atoms with Gasteiger partial charge in [0.2, 0.25) is 0 Å². The Morgan fingerprint density at radius 1 is 1.06 bits per heavy atom. The fourth-order valence-electron chi connectivity index (χ4n) is 2.70. The summed E-state index contributed by atoms with van der Waals surface area (Å²) in [6.45, 7) is 0.965. The predicted molar refractivity (Wildman–Crippen MR) is 109 cm³/mol. The van der Waals surface area contributed by atoms with E-state index in [1.54, 1.807) is 31.2 Å². The number of carbonyl (C=O) groups excluding carboxylic acids is 2. The topological polar surface area (TPSA) is 105 Å². The third kappa shape index (κ3) is 6.45. The third-order valence-corrected chi connectivity index (χ3v) is 4.12. The number of ether oxygens (including phenoxy) is 3. The summed E-state index contributed by atoms with van der Waals surface area (Å²) in [5.74, 6) is -0.936. The fourth-order valence-corrected chi connectivity index (χ4v) is 2.70. The summed E-state index contributed by atoms with van der Waals surface area (Å²) in [6, 6.07) is 9.45. The van der Waals surface area contributed by atoms with Gasteiger partial charge in [-0.05, 0) is 37.3 Å². The molecule has 9 nitrogen and oxygen atoms in total. The van der Waals surface area contributed by atoms with Crippen LogP contribution in [0.2, 0.25) is 0 Å². The van der Waals surface area contributed by atoms with Gasteiger partial charge in [-0.15, -0.1) is 0 Å². The number of aromatic nitrogens is 3. The van der Waals surface area contributed by atoms with Crippen molar-refractivity contribution in [2.45, 2.75) is 13.1 Å². The number of para-hydroxylation sites is 2. The van der Waals surface area contributed by atoms with E-state index >= 15 is 0 Å². The first-order chi connectivity index (χ1) is 15.8. The second kappa shape index (κ2) is 10.5. The molecule has 0 unspecified atom stereocenters. The third-order valence-electron chi connectivity index (χ3n) is 4.12. The molecule has 1 amide bonds. The number of nitrogens with zero attached hydrogens (tertiary/aromatic N) is 3. The van der Waals surface area contributed by atoms with Crippen molar-refractivity contribution in [1.82, 2.24) is 14.8 Å². The average Bonchev–Trinajstić information content (AvgIpc) is 3.31. The minimum Gasteiger partial charge on any atom is -0.490 e. The molecule has 12 heteroatoms. The van der Waals surface area contributed by atoms with Gasteiger partial charge in [-0.1, -0.05) is 12.1 Å². The van der Waals surface area contributed by atoms with Crippen molar-refractivity contribution < 1.29 is 37.0 Å². The van der Waals surface area contributed by atoms with Crippen molar-refractivity contribution in [2.24, 2.45) is 0 Å². The number of halogens is 3. The van der Waals surface area contributed by atoms with Crippen LogP contribution in [0.3, 0.4) is 0 Å². The smallest absolute Gasteiger partial charge is 0.416 e. The van der Waals surface area contributed by atoms with Gasteiger partial charge in [-0.25, -0.2) is 14.5 Å². The van der Waals surface area contributed by atoms with Crippen LogP contribution in [-0.2, 0) is 20.5 Å². The SMILES string of the molecule is CCOc1ccccc1OCC(=O)OCC(=O)Nc1cc(C(F)(F)F)ccc1-n1cncn1. The van der Waals surface area contributed by atoms with E-state index in [9.17, 15) is 22.8 Å². The highest BCUT2D eigenvalue weighted by Crippen LogP contribution is 2.33. The molecule has 0 spiro atoms. The van der Waals surface area contributed by atoms with E-state index < -0.39 is 36.8 Å². The van der Waals surface area contributed by atoms with E-state index in [1.165, 1.54) is 17.3 Å². The van der Waals surface area contributed by atoms with Crippen LogP contribution in [0.25, 0.3) is 5.69 Å². The molecule has 1 N–H and O–H groups in total. The maximum atomic E-state index is 13.1. The molecule has 0 atom stereocenters. The first kappa shape index (κ1) is 23.6. The Labute approximate surface area is 186 Å². The normalized spacial score (nSPS) is 11.0. The Bertz CT molecular complexity index is 1100. The molecule has 3 rings (SSSR count). The van der Waals surface area contributed by atoms with Crippen LogP contribution >= 0.6 is 0 Å². The molecule has 33 heavy (non-hydrogen) atoms. The molecule has 0 aliphatic heterocycles. The molecule has 0 fully saturated rings. The van der Waals surface area contributed by atoms with Crippen LogP contribution in [0.15, 0.2) is 55.1 Å². The Kier molecular flexibility index (Phi) is 7.49. The van der Waals surface area contributed by atoms with Gasteiger partial charge in [-0.2, -0.15) is 18.3 Å². The Hall–Kier alpha value is -4.09. The number of nitrogens with one attached hydrogen (secondary N) is 1. The lowest BCUT2D eigenvalue weighted by molar-refractivity contribution is -0.149. The summed E-state index contributed by atoms with van der Waals surface area (Å²) in [5.41, 5.74) is -1.01.